The lowest BCUT2D eigenvalue weighted by molar-refractivity contribution is -0.118. The van der Waals surface area contributed by atoms with Crippen molar-refractivity contribution in [3.63, 3.8) is 0 Å². The highest BCUT2D eigenvalue weighted by Crippen LogP contribution is 2.36. The van der Waals surface area contributed by atoms with Crippen LogP contribution >= 0.6 is 23.1 Å². The maximum atomic E-state index is 11.8. The number of nitrogens with zero attached hydrogens (tertiary/aromatic N) is 1. The van der Waals surface area contributed by atoms with Crippen LogP contribution in [0, 0.1) is 0 Å². The summed E-state index contributed by atoms with van der Waals surface area (Å²) < 4.78 is 7.36. The Bertz CT molecular complexity index is 1060. The highest BCUT2D eigenvalue weighted by atomic mass is 32.2. The van der Waals surface area contributed by atoms with Crippen molar-refractivity contribution in [1.82, 2.24) is 15.6 Å². The molecule has 8 heteroatoms. The maximum absolute atomic E-state index is 11.8. The van der Waals surface area contributed by atoms with Crippen LogP contribution in [0.5, 0.6) is 5.75 Å². The smallest absolute Gasteiger partial charge is 0.286 e. The molecule has 2 aromatic carbocycles. The second kappa shape index (κ2) is 8.02. The van der Waals surface area contributed by atoms with Gasteiger partial charge in [0.05, 0.1) is 15.5 Å². The number of nitrogens with one attached hydrogen (secondary N) is 2. The summed E-state index contributed by atoms with van der Waals surface area (Å²) in [6.45, 7) is 1.47. The molecule has 2 amide bonds. The van der Waals surface area contributed by atoms with Gasteiger partial charge in [-0.05, 0) is 55.6 Å². The number of hydrogen-bond donors (Lipinski definition) is 2. The number of hydrogen-bond acceptors (Lipinski definition) is 7. The minimum atomic E-state index is -0.353. The standard InChI is InChI=1S/C22H21N3O3S2/c26-19-18(30-21(27)25-19)12-14-6-8-15(9-7-14)28-13-22(10-3-11-23-22)20-24-16-4-1-2-5-17(16)29-20/h1-2,4-9,18,23H,3,10-13H2,(H,25,26,27)/t18?,22-/m0/s1. The van der Waals surface area contributed by atoms with E-state index in [1.54, 1.807) is 11.3 Å². The zero-order valence-electron chi connectivity index (χ0n) is 16.2. The Labute approximate surface area is 182 Å². The molecule has 0 spiro atoms. The van der Waals surface area contributed by atoms with Crippen molar-refractivity contribution in [3.8, 4) is 5.75 Å². The van der Waals surface area contributed by atoms with E-state index in [2.05, 4.69) is 16.7 Å². The van der Waals surface area contributed by atoms with Gasteiger partial charge in [-0.15, -0.1) is 11.3 Å². The fourth-order valence-electron chi connectivity index (χ4n) is 3.92. The second-order valence-corrected chi connectivity index (χ2v) is 9.83. The number of imide groups is 1. The molecule has 0 bridgehead atoms. The molecular formula is C22H21N3O3S2. The maximum Gasteiger partial charge on any atom is 0.286 e. The van der Waals surface area contributed by atoms with E-state index < -0.39 is 0 Å². The molecule has 1 unspecified atom stereocenters. The fourth-order valence-corrected chi connectivity index (χ4v) is 5.93. The van der Waals surface area contributed by atoms with Crippen molar-refractivity contribution in [3.05, 3.63) is 59.1 Å². The normalized spacial score (nSPS) is 23.8. The molecule has 154 valence electrons. The topological polar surface area (TPSA) is 80.3 Å². The third-order valence-electron chi connectivity index (χ3n) is 5.54. The molecule has 0 saturated carbocycles. The molecule has 0 aliphatic carbocycles. The van der Waals surface area contributed by atoms with E-state index in [1.807, 2.05) is 42.5 Å². The first-order valence-corrected chi connectivity index (χ1v) is 11.7. The van der Waals surface area contributed by atoms with Gasteiger partial charge in [0.15, 0.2) is 0 Å². The summed E-state index contributed by atoms with van der Waals surface area (Å²) in [5.41, 5.74) is 1.77. The largest absolute Gasteiger partial charge is 0.491 e. The van der Waals surface area contributed by atoms with Gasteiger partial charge >= 0.3 is 0 Å². The lowest BCUT2D eigenvalue weighted by Crippen LogP contribution is -2.42. The molecule has 2 saturated heterocycles. The first-order valence-electron chi connectivity index (χ1n) is 9.96. The minimum absolute atomic E-state index is 0.213. The molecule has 2 fully saturated rings. The molecule has 6 nitrogen and oxygen atoms in total. The number of carbonyl (C=O) groups is 2. The summed E-state index contributed by atoms with van der Waals surface area (Å²) in [5.74, 6) is 0.572. The number of aromatic nitrogens is 1. The summed E-state index contributed by atoms with van der Waals surface area (Å²) >= 11 is 2.78. The lowest BCUT2D eigenvalue weighted by Gasteiger charge is -2.27. The highest BCUT2D eigenvalue weighted by Gasteiger charge is 2.39. The number of para-hydroxylation sites is 1. The van der Waals surface area contributed by atoms with Gasteiger partial charge in [-0.3, -0.25) is 14.9 Å². The Morgan fingerprint density at radius 1 is 1.13 bits per heavy atom. The number of benzene rings is 2. The molecular weight excluding hydrogens is 418 g/mol. The van der Waals surface area contributed by atoms with Crippen LogP contribution in [-0.2, 0) is 16.8 Å². The first kappa shape index (κ1) is 19.5. The highest BCUT2D eigenvalue weighted by molar-refractivity contribution is 8.15. The predicted octanol–water partition coefficient (Wildman–Crippen LogP) is 3.85. The van der Waals surface area contributed by atoms with Gasteiger partial charge < -0.3 is 10.1 Å². The predicted molar refractivity (Wildman–Crippen MR) is 119 cm³/mol. The summed E-state index contributed by atoms with van der Waals surface area (Å²) in [4.78, 5) is 27.9. The molecule has 5 rings (SSSR count). The van der Waals surface area contributed by atoms with Crippen LogP contribution in [0.4, 0.5) is 4.79 Å². The van der Waals surface area contributed by atoms with Crippen LogP contribution in [0.2, 0.25) is 0 Å². The van der Waals surface area contributed by atoms with Gasteiger partial charge in [0, 0.05) is 0 Å². The lowest BCUT2D eigenvalue weighted by atomic mass is 9.99. The van der Waals surface area contributed by atoms with Gasteiger partial charge in [-0.25, -0.2) is 4.98 Å². The molecule has 30 heavy (non-hydrogen) atoms. The van der Waals surface area contributed by atoms with Gasteiger partial charge in [-0.1, -0.05) is 36.0 Å². The summed E-state index contributed by atoms with van der Waals surface area (Å²) in [6, 6.07) is 16.0. The average Bonchev–Trinajstić information content (AvgIpc) is 3.47. The monoisotopic (exact) mass is 439 g/mol. The van der Waals surface area contributed by atoms with Crippen LogP contribution in [0.25, 0.3) is 10.2 Å². The van der Waals surface area contributed by atoms with Crippen LogP contribution in [0.15, 0.2) is 48.5 Å². The second-order valence-electron chi connectivity index (χ2n) is 7.62. The Morgan fingerprint density at radius 2 is 1.97 bits per heavy atom. The number of rotatable bonds is 6. The van der Waals surface area contributed by atoms with E-state index in [0.29, 0.717) is 13.0 Å². The zero-order valence-corrected chi connectivity index (χ0v) is 17.9. The molecule has 2 atom stereocenters. The van der Waals surface area contributed by atoms with Gasteiger partial charge in [0.1, 0.15) is 22.9 Å². The molecule has 0 radical (unpaired) electrons. The minimum Gasteiger partial charge on any atom is -0.491 e. The summed E-state index contributed by atoms with van der Waals surface area (Å²) in [5, 5.41) is 6.41. The van der Waals surface area contributed by atoms with Crippen molar-refractivity contribution < 1.29 is 14.3 Å². The van der Waals surface area contributed by atoms with Gasteiger partial charge in [-0.2, -0.15) is 0 Å². The van der Waals surface area contributed by atoms with Crippen LogP contribution in [0.1, 0.15) is 23.4 Å². The van der Waals surface area contributed by atoms with E-state index in [-0.39, 0.29) is 21.9 Å². The van der Waals surface area contributed by atoms with E-state index in [0.717, 1.165) is 53.0 Å². The van der Waals surface area contributed by atoms with E-state index in [1.165, 1.54) is 4.70 Å². The van der Waals surface area contributed by atoms with Crippen LogP contribution in [-0.4, -0.2) is 34.5 Å². The van der Waals surface area contributed by atoms with Crippen LogP contribution < -0.4 is 15.4 Å². The van der Waals surface area contributed by atoms with Gasteiger partial charge in [0.2, 0.25) is 5.91 Å². The van der Waals surface area contributed by atoms with E-state index >= 15 is 0 Å². The number of thiazole rings is 1. The Hall–Kier alpha value is -2.42. The Kier molecular flexibility index (Phi) is 5.22. The van der Waals surface area contributed by atoms with E-state index in [4.69, 9.17) is 9.72 Å². The zero-order chi connectivity index (χ0) is 20.6. The van der Waals surface area contributed by atoms with E-state index in [9.17, 15) is 9.59 Å². The molecule has 3 aromatic rings. The number of amides is 2. The van der Waals surface area contributed by atoms with Crippen molar-refractivity contribution >= 4 is 44.5 Å². The van der Waals surface area contributed by atoms with Crippen molar-refractivity contribution in [2.45, 2.75) is 30.1 Å². The first-order chi connectivity index (χ1) is 14.6. The number of ether oxygens (including phenoxy) is 1. The molecule has 2 aliphatic rings. The third-order valence-corrected chi connectivity index (χ3v) is 7.77. The Balaban J connectivity index is 1.28. The quantitative estimate of drug-likeness (QED) is 0.607. The molecule has 3 heterocycles. The number of thioether (sulfide) groups is 1. The van der Waals surface area contributed by atoms with Crippen molar-refractivity contribution in [2.75, 3.05) is 13.2 Å². The SMILES string of the molecule is O=C1NC(=O)C(Cc2ccc(OC[C@]3(c4nc5ccccc5s4)CCCN3)cc2)S1. The fraction of sp³-hybridized carbons (Fsp3) is 0.318. The third kappa shape index (κ3) is 3.82. The summed E-state index contributed by atoms with van der Waals surface area (Å²) in [7, 11) is 0. The summed E-state index contributed by atoms with van der Waals surface area (Å²) in [6.07, 6.45) is 2.62. The molecule has 1 aromatic heterocycles. The van der Waals surface area contributed by atoms with Crippen molar-refractivity contribution in [1.29, 1.82) is 0 Å². The van der Waals surface area contributed by atoms with Crippen molar-refractivity contribution in [2.24, 2.45) is 0 Å². The number of fused-ring (bicyclic) bond motifs is 1. The Morgan fingerprint density at radius 3 is 2.67 bits per heavy atom. The molecule has 2 aliphatic heterocycles. The van der Waals surface area contributed by atoms with Crippen LogP contribution in [0.3, 0.4) is 0 Å². The number of carbonyl (C=O) groups excluding carboxylic acids is 2. The average molecular weight is 440 g/mol. The van der Waals surface area contributed by atoms with Gasteiger partial charge in [0.25, 0.3) is 5.24 Å². The molecule has 2 N–H and O–H groups in total.